The van der Waals surface area contributed by atoms with Gasteiger partial charge in [-0.3, -0.25) is 4.98 Å². The van der Waals surface area contributed by atoms with Gasteiger partial charge in [-0.25, -0.2) is 4.98 Å². The SMILES string of the molecule is c1ccc2c(-c3ccc(-c4nc5ccccc5c5c4ccc4sc6ccccc6c45)cc3)nccc2c1. The Balaban J connectivity index is 1.39. The van der Waals surface area contributed by atoms with Gasteiger partial charge in [0.05, 0.1) is 16.9 Å². The average molecular weight is 489 g/mol. The van der Waals surface area contributed by atoms with E-state index in [0.29, 0.717) is 0 Å². The second-order valence-electron chi connectivity index (χ2n) is 9.40. The Hall–Kier alpha value is -4.60. The highest BCUT2D eigenvalue weighted by Crippen LogP contribution is 2.43. The second kappa shape index (κ2) is 7.95. The van der Waals surface area contributed by atoms with E-state index in [1.165, 1.54) is 47.1 Å². The molecule has 0 aliphatic rings. The Kier molecular flexibility index (Phi) is 4.42. The van der Waals surface area contributed by atoms with Crippen molar-refractivity contribution >= 4 is 64.0 Å². The molecular weight excluding hydrogens is 468 g/mol. The molecule has 172 valence electrons. The van der Waals surface area contributed by atoms with Crippen LogP contribution in [0, 0.1) is 0 Å². The molecule has 2 nitrogen and oxygen atoms in total. The molecule has 0 spiro atoms. The smallest absolute Gasteiger partial charge is 0.0788 e. The van der Waals surface area contributed by atoms with Gasteiger partial charge in [0.2, 0.25) is 0 Å². The van der Waals surface area contributed by atoms with Crippen LogP contribution in [0.1, 0.15) is 0 Å². The van der Waals surface area contributed by atoms with Crippen LogP contribution in [0.25, 0.3) is 75.1 Å². The third kappa shape index (κ3) is 3.11. The number of para-hydroxylation sites is 1. The number of nitrogens with zero attached hydrogens (tertiary/aromatic N) is 2. The summed E-state index contributed by atoms with van der Waals surface area (Å²) in [6.45, 7) is 0. The average Bonchev–Trinajstić information content (AvgIpc) is 3.35. The minimum absolute atomic E-state index is 1.01. The highest BCUT2D eigenvalue weighted by Gasteiger charge is 2.16. The van der Waals surface area contributed by atoms with Gasteiger partial charge in [0, 0.05) is 59.0 Å². The summed E-state index contributed by atoms with van der Waals surface area (Å²) in [5, 5.41) is 8.68. The molecule has 0 amide bonds. The van der Waals surface area contributed by atoms with Gasteiger partial charge in [0.1, 0.15) is 0 Å². The van der Waals surface area contributed by atoms with Gasteiger partial charge in [-0.2, -0.15) is 0 Å². The summed E-state index contributed by atoms with van der Waals surface area (Å²) in [5.74, 6) is 0. The predicted octanol–water partition coefficient (Wildman–Crippen LogP) is 9.64. The fourth-order valence-corrected chi connectivity index (χ4v) is 6.73. The molecule has 3 heteroatoms. The van der Waals surface area contributed by atoms with E-state index in [4.69, 9.17) is 9.97 Å². The summed E-state index contributed by atoms with van der Waals surface area (Å²) in [5.41, 5.74) is 5.26. The van der Waals surface area contributed by atoms with E-state index in [-0.39, 0.29) is 0 Å². The molecule has 0 atom stereocenters. The van der Waals surface area contributed by atoms with Crippen molar-refractivity contribution in [3.63, 3.8) is 0 Å². The summed E-state index contributed by atoms with van der Waals surface area (Å²) >= 11 is 1.86. The zero-order valence-corrected chi connectivity index (χ0v) is 20.7. The van der Waals surface area contributed by atoms with Crippen LogP contribution in [0.5, 0.6) is 0 Å². The molecule has 0 saturated carbocycles. The van der Waals surface area contributed by atoms with Gasteiger partial charge >= 0.3 is 0 Å². The van der Waals surface area contributed by atoms with E-state index < -0.39 is 0 Å². The minimum atomic E-state index is 1.01. The van der Waals surface area contributed by atoms with Gasteiger partial charge in [-0.05, 0) is 29.7 Å². The van der Waals surface area contributed by atoms with Crippen LogP contribution in [-0.2, 0) is 0 Å². The summed E-state index contributed by atoms with van der Waals surface area (Å²) in [6.07, 6.45) is 1.89. The molecule has 0 radical (unpaired) electrons. The topological polar surface area (TPSA) is 25.8 Å². The Morgan fingerprint density at radius 2 is 1.16 bits per heavy atom. The normalized spacial score (nSPS) is 11.8. The van der Waals surface area contributed by atoms with E-state index in [1.807, 2.05) is 17.5 Å². The van der Waals surface area contributed by atoms with Gasteiger partial charge in [0.25, 0.3) is 0 Å². The first kappa shape index (κ1) is 20.6. The number of benzene rings is 5. The number of pyridine rings is 2. The summed E-state index contributed by atoms with van der Waals surface area (Å²) < 4.78 is 2.63. The largest absolute Gasteiger partial charge is 0.256 e. The highest BCUT2D eigenvalue weighted by molar-refractivity contribution is 7.26. The number of hydrogen-bond donors (Lipinski definition) is 0. The fourth-order valence-electron chi connectivity index (χ4n) is 5.61. The van der Waals surface area contributed by atoms with Gasteiger partial charge < -0.3 is 0 Å². The molecule has 0 aliphatic heterocycles. The highest BCUT2D eigenvalue weighted by atomic mass is 32.1. The zero-order valence-electron chi connectivity index (χ0n) is 19.8. The lowest BCUT2D eigenvalue weighted by atomic mass is 9.95. The van der Waals surface area contributed by atoms with Gasteiger partial charge in [-0.15, -0.1) is 11.3 Å². The maximum absolute atomic E-state index is 5.18. The Bertz CT molecular complexity index is 2130. The van der Waals surface area contributed by atoms with Crippen molar-refractivity contribution in [3.8, 4) is 22.5 Å². The van der Waals surface area contributed by atoms with Crippen LogP contribution in [0.2, 0.25) is 0 Å². The lowest BCUT2D eigenvalue weighted by Crippen LogP contribution is -1.91. The molecule has 0 unspecified atom stereocenters. The number of aromatic nitrogens is 2. The molecule has 0 N–H and O–H groups in total. The lowest BCUT2D eigenvalue weighted by Gasteiger charge is -2.12. The van der Waals surface area contributed by atoms with Gasteiger partial charge in [0.15, 0.2) is 0 Å². The van der Waals surface area contributed by atoms with E-state index >= 15 is 0 Å². The van der Waals surface area contributed by atoms with Crippen LogP contribution in [0.4, 0.5) is 0 Å². The molecule has 0 fully saturated rings. The van der Waals surface area contributed by atoms with Crippen LogP contribution in [-0.4, -0.2) is 9.97 Å². The van der Waals surface area contributed by atoms with Crippen molar-refractivity contribution in [2.75, 3.05) is 0 Å². The first-order valence-corrected chi connectivity index (χ1v) is 13.2. The van der Waals surface area contributed by atoms with Crippen LogP contribution in [0.15, 0.2) is 121 Å². The fraction of sp³-hybridized carbons (Fsp3) is 0. The first-order valence-electron chi connectivity index (χ1n) is 12.4. The van der Waals surface area contributed by atoms with Crippen molar-refractivity contribution in [1.29, 1.82) is 0 Å². The molecule has 0 bridgehead atoms. The molecule has 8 rings (SSSR count). The molecule has 5 aromatic carbocycles. The number of fused-ring (bicyclic) bond motifs is 8. The van der Waals surface area contributed by atoms with E-state index in [1.54, 1.807) is 0 Å². The molecule has 0 saturated heterocycles. The number of rotatable bonds is 2. The maximum Gasteiger partial charge on any atom is 0.0788 e. The third-order valence-corrected chi connectivity index (χ3v) is 8.45. The van der Waals surface area contributed by atoms with Crippen molar-refractivity contribution in [2.24, 2.45) is 0 Å². The van der Waals surface area contributed by atoms with Crippen LogP contribution in [0.3, 0.4) is 0 Å². The standard InChI is InChI=1S/C34H20N2S/c1-2-8-24-21(7-1)19-20-35-33(24)22-13-15-23(16-14-22)34-27-17-18-30-32(26-10-4-6-12-29(26)37-30)31(27)25-9-3-5-11-28(25)36-34/h1-20H. The number of thiophene rings is 1. The predicted molar refractivity (Wildman–Crippen MR) is 158 cm³/mol. The maximum atomic E-state index is 5.18. The lowest BCUT2D eigenvalue weighted by molar-refractivity contribution is 1.35. The van der Waals surface area contributed by atoms with Crippen molar-refractivity contribution < 1.29 is 0 Å². The molecule has 37 heavy (non-hydrogen) atoms. The van der Waals surface area contributed by atoms with E-state index in [2.05, 4.69) is 115 Å². The summed E-state index contributed by atoms with van der Waals surface area (Å²) in [7, 11) is 0. The molecule has 0 aliphatic carbocycles. The summed E-state index contributed by atoms with van der Waals surface area (Å²) in [6, 6.07) is 40.9. The quantitative estimate of drug-likeness (QED) is 0.226. The van der Waals surface area contributed by atoms with Crippen LogP contribution < -0.4 is 0 Å². The molecule has 3 aromatic heterocycles. The number of hydrogen-bond acceptors (Lipinski definition) is 3. The molecule has 8 aromatic rings. The van der Waals surface area contributed by atoms with E-state index in [9.17, 15) is 0 Å². The Morgan fingerprint density at radius 3 is 2.03 bits per heavy atom. The first-order chi connectivity index (χ1) is 18.3. The van der Waals surface area contributed by atoms with E-state index in [0.717, 1.165) is 28.0 Å². The van der Waals surface area contributed by atoms with Crippen molar-refractivity contribution in [2.45, 2.75) is 0 Å². The second-order valence-corrected chi connectivity index (χ2v) is 10.5. The molecule has 3 heterocycles. The monoisotopic (exact) mass is 488 g/mol. The minimum Gasteiger partial charge on any atom is -0.256 e. The van der Waals surface area contributed by atoms with Crippen molar-refractivity contribution in [3.05, 3.63) is 121 Å². The van der Waals surface area contributed by atoms with Gasteiger partial charge in [-0.1, -0.05) is 91.0 Å². The van der Waals surface area contributed by atoms with Crippen LogP contribution >= 0.6 is 11.3 Å². The zero-order chi connectivity index (χ0) is 24.3. The Labute approximate surface area is 217 Å². The van der Waals surface area contributed by atoms with Crippen molar-refractivity contribution in [1.82, 2.24) is 9.97 Å². The molecular formula is C34H20N2S. The summed E-state index contributed by atoms with van der Waals surface area (Å²) in [4.78, 5) is 9.90. The Morgan fingerprint density at radius 1 is 0.459 bits per heavy atom. The third-order valence-electron chi connectivity index (χ3n) is 7.31.